The molecule has 19 heavy (non-hydrogen) atoms. The smallest absolute Gasteiger partial charge is 0.0357 e. The van der Waals surface area contributed by atoms with Crippen LogP contribution in [0.1, 0.15) is 19.4 Å². The summed E-state index contributed by atoms with van der Waals surface area (Å²) in [6.07, 6.45) is 3.81. The molecule has 0 spiro atoms. The van der Waals surface area contributed by atoms with Crippen LogP contribution in [0.2, 0.25) is 0 Å². The topological polar surface area (TPSA) is 31.4 Å². The number of nitrogens with zero attached hydrogens (tertiary/aromatic N) is 3. The molecule has 1 N–H and O–H groups in total. The molecule has 0 bridgehead atoms. The highest BCUT2D eigenvalue weighted by Crippen LogP contribution is 2.26. The van der Waals surface area contributed by atoms with Crippen LogP contribution in [0.15, 0.2) is 24.5 Å². The van der Waals surface area contributed by atoms with Crippen LogP contribution in [-0.4, -0.2) is 60.1 Å². The minimum atomic E-state index is 0.185. The van der Waals surface area contributed by atoms with Gasteiger partial charge in [0.2, 0.25) is 0 Å². The first-order valence-corrected chi connectivity index (χ1v) is 7.02. The normalized spacial score (nSPS) is 24.5. The summed E-state index contributed by atoms with van der Waals surface area (Å²) >= 11 is 0. The van der Waals surface area contributed by atoms with Crippen molar-refractivity contribution >= 4 is 0 Å². The van der Waals surface area contributed by atoms with Crippen molar-refractivity contribution in [3.63, 3.8) is 0 Å². The van der Waals surface area contributed by atoms with Gasteiger partial charge in [-0.25, -0.2) is 0 Å². The van der Waals surface area contributed by atoms with Gasteiger partial charge in [0, 0.05) is 50.2 Å². The fourth-order valence-electron chi connectivity index (χ4n) is 3.21. The van der Waals surface area contributed by atoms with Gasteiger partial charge in [-0.3, -0.25) is 9.88 Å². The molecule has 1 saturated heterocycles. The Bertz CT molecular complexity index is 390. The predicted octanol–water partition coefficient (Wildman–Crippen LogP) is 1.20. The van der Waals surface area contributed by atoms with Gasteiger partial charge >= 0.3 is 0 Å². The zero-order chi connectivity index (χ0) is 13.9. The van der Waals surface area contributed by atoms with Gasteiger partial charge in [0.25, 0.3) is 0 Å². The lowest BCUT2D eigenvalue weighted by atomic mass is 9.94. The van der Waals surface area contributed by atoms with E-state index in [1.807, 2.05) is 25.5 Å². The first-order chi connectivity index (χ1) is 9.03. The molecule has 4 nitrogen and oxygen atoms in total. The van der Waals surface area contributed by atoms with Crippen LogP contribution in [0.4, 0.5) is 0 Å². The molecule has 2 rings (SSSR count). The van der Waals surface area contributed by atoms with Gasteiger partial charge < -0.3 is 10.2 Å². The molecular weight excluding hydrogens is 236 g/mol. The van der Waals surface area contributed by atoms with E-state index in [0.717, 1.165) is 26.2 Å². The fraction of sp³-hybridized carbons (Fsp3) is 0.667. The molecule has 106 valence electrons. The van der Waals surface area contributed by atoms with Crippen molar-refractivity contribution in [3.8, 4) is 0 Å². The zero-order valence-electron chi connectivity index (χ0n) is 12.6. The highest BCUT2D eigenvalue weighted by molar-refractivity contribution is 5.10. The first kappa shape index (κ1) is 14.4. The van der Waals surface area contributed by atoms with Crippen LogP contribution in [0.25, 0.3) is 0 Å². The summed E-state index contributed by atoms with van der Waals surface area (Å²) in [5.74, 6) is 0. The highest BCUT2D eigenvalue weighted by atomic mass is 15.3. The maximum absolute atomic E-state index is 4.23. The zero-order valence-corrected chi connectivity index (χ0v) is 12.6. The van der Waals surface area contributed by atoms with Gasteiger partial charge in [0.1, 0.15) is 0 Å². The average Bonchev–Trinajstić information content (AvgIpc) is 2.34. The Morgan fingerprint density at radius 1 is 1.47 bits per heavy atom. The number of hydrogen-bond acceptors (Lipinski definition) is 4. The number of rotatable bonds is 4. The third-order valence-electron chi connectivity index (χ3n) is 3.91. The average molecular weight is 262 g/mol. The van der Waals surface area contributed by atoms with E-state index in [-0.39, 0.29) is 5.54 Å². The SMILES string of the molecule is CNCC1CN(C)CC(C)(C)N1Cc1cccnc1. The standard InChI is InChI=1S/C15H26N4/c1-15(2)12-18(4)11-14(9-16-3)19(15)10-13-6-5-7-17-8-13/h5-8,14,16H,9-12H2,1-4H3. The fourth-order valence-corrected chi connectivity index (χ4v) is 3.21. The number of likely N-dealkylation sites (N-methyl/N-ethyl adjacent to an activating group) is 2. The van der Waals surface area contributed by atoms with Crippen molar-refractivity contribution < 1.29 is 0 Å². The van der Waals surface area contributed by atoms with E-state index in [2.05, 4.69) is 47.1 Å². The van der Waals surface area contributed by atoms with Crippen molar-refractivity contribution in [2.45, 2.75) is 32.0 Å². The third kappa shape index (κ3) is 3.53. The molecule has 0 amide bonds. The van der Waals surface area contributed by atoms with Crippen LogP contribution >= 0.6 is 0 Å². The number of nitrogens with one attached hydrogen (secondary N) is 1. The number of hydrogen-bond donors (Lipinski definition) is 1. The number of pyridine rings is 1. The van der Waals surface area contributed by atoms with Crippen LogP contribution in [0, 0.1) is 0 Å². The van der Waals surface area contributed by atoms with Crippen LogP contribution in [-0.2, 0) is 6.54 Å². The minimum absolute atomic E-state index is 0.185. The molecule has 1 unspecified atom stereocenters. The molecule has 0 aliphatic carbocycles. The van der Waals surface area contributed by atoms with E-state index in [1.54, 1.807) is 0 Å². The third-order valence-corrected chi connectivity index (χ3v) is 3.91. The summed E-state index contributed by atoms with van der Waals surface area (Å²) in [5, 5.41) is 3.33. The lowest BCUT2D eigenvalue weighted by Crippen LogP contribution is -2.64. The van der Waals surface area contributed by atoms with Crippen LogP contribution in [0.3, 0.4) is 0 Å². The molecule has 1 aliphatic rings. The summed E-state index contributed by atoms with van der Waals surface area (Å²) in [5.41, 5.74) is 1.48. The van der Waals surface area contributed by atoms with Gasteiger partial charge in [-0.15, -0.1) is 0 Å². The lowest BCUT2D eigenvalue weighted by Gasteiger charge is -2.51. The molecule has 1 fully saturated rings. The van der Waals surface area contributed by atoms with Gasteiger partial charge in [-0.1, -0.05) is 6.07 Å². The summed E-state index contributed by atoms with van der Waals surface area (Å²) in [6.45, 7) is 8.89. The summed E-state index contributed by atoms with van der Waals surface area (Å²) in [7, 11) is 4.25. The largest absolute Gasteiger partial charge is 0.318 e. The summed E-state index contributed by atoms with van der Waals surface area (Å²) < 4.78 is 0. The second-order valence-electron chi connectivity index (χ2n) is 6.21. The van der Waals surface area contributed by atoms with Crippen molar-refractivity contribution in [2.24, 2.45) is 0 Å². The Hall–Kier alpha value is -0.970. The van der Waals surface area contributed by atoms with E-state index < -0.39 is 0 Å². The lowest BCUT2D eigenvalue weighted by molar-refractivity contribution is -0.0211. The first-order valence-electron chi connectivity index (χ1n) is 7.02. The molecule has 0 radical (unpaired) electrons. The van der Waals surface area contributed by atoms with Crippen LogP contribution in [0.5, 0.6) is 0 Å². The molecule has 0 saturated carbocycles. The predicted molar refractivity (Wildman–Crippen MR) is 79.1 cm³/mol. The molecule has 1 aliphatic heterocycles. The highest BCUT2D eigenvalue weighted by Gasteiger charge is 2.38. The van der Waals surface area contributed by atoms with E-state index in [9.17, 15) is 0 Å². The molecule has 1 aromatic heterocycles. The second kappa shape index (κ2) is 5.99. The summed E-state index contributed by atoms with van der Waals surface area (Å²) in [6, 6.07) is 4.72. The molecule has 2 heterocycles. The van der Waals surface area contributed by atoms with Crippen molar-refractivity contribution in [2.75, 3.05) is 33.7 Å². The maximum Gasteiger partial charge on any atom is 0.0357 e. The van der Waals surface area contributed by atoms with E-state index in [0.29, 0.717) is 6.04 Å². The number of piperazine rings is 1. The van der Waals surface area contributed by atoms with Crippen molar-refractivity contribution in [3.05, 3.63) is 30.1 Å². The van der Waals surface area contributed by atoms with Crippen LogP contribution < -0.4 is 5.32 Å². The Balaban J connectivity index is 2.17. The minimum Gasteiger partial charge on any atom is -0.318 e. The molecular formula is C15H26N4. The Morgan fingerprint density at radius 2 is 2.26 bits per heavy atom. The van der Waals surface area contributed by atoms with E-state index in [1.165, 1.54) is 5.56 Å². The quantitative estimate of drug-likeness (QED) is 0.883. The second-order valence-corrected chi connectivity index (χ2v) is 6.21. The van der Waals surface area contributed by atoms with Gasteiger partial charge in [-0.05, 0) is 39.6 Å². The molecule has 4 heteroatoms. The Labute approximate surface area is 116 Å². The van der Waals surface area contributed by atoms with Crippen molar-refractivity contribution in [1.82, 2.24) is 20.1 Å². The van der Waals surface area contributed by atoms with E-state index >= 15 is 0 Å². The molecule has 1 atom stereocenters. The molecule has 0 aromatic carbocycles. The summed E-state index contributed by atoms with van der Waals surface area (Å²) in [4.78, 5) is 9.28. The van der Waals surface area contributed by atoms with Gasteiger partial charge in [0.15, 0.2) is 0 Å². The maximum atomic E-state index is 4.23. The van der Waals surface area contributed by atoms with Gasteiger partial charge in [-0.2, -0.15) is 0 Å². The van der Waals surface area contributed by atoms with E-state index in [4.69, 9.17) is 0 Å². The monoisotopic (exact) mass is 262 g/mol. The van der Waals surface area contributed by atoms with Gasteiger partial charge in [0.05, 0.1) is 0 Å². The molecule has 1 aromatic rings. The Kier molecular flexibility index (Phi) is 4.55. The Morgan fingerprint density at radius 3 is 2.89 bits per heavy atom. The number of aromatic nitrogens is 1. The van der Waals surface area contributed by atoms with Crippen molar-refractivity contribution in [1.29, 1.82) is 0 Å².